The average Bonchev–Trinajstić information content (AvgIpc) is 2.62. The molecule has 0 bridgehead atoms. The first-order chi connectivity index (χ1) is 12.5. The lowest BCUT2D eigenvalue weighted by Crippen LogP contribution is -2.28. The molecule has 0 aliphatic carbocycles. The minimum absolute atomic E-state index is 0.138. The van der Waals surface area contributed by atoms with Gasteiger partial charge in [0.1, 0.15) is 28.8 Å². The van der Waals surface area contributed by atoms with Crippen LogP contribution < -0.4 is 9.47 Å². The van der Waals surface area contributed by atoms with Crippen molar-refractivity contribution in [1.29, 1.82) is 0 Å². The van der Waals surface area contributed by atoms with Crippen molar-refractivity contribution in [3.05, 3.63) is 65.7 Å². The smallest absolute Gasteiger partial charge is 0.141 e. The summed E-state index contributed by atoms with van der Waals surface area (Å²) in [7, 11) is 0. The molecule has 1 atom stereocenters. The van der Waals surface area contributed by atoms with Crippen LogP contribution in [0.3, 0.4) is 0 Å². The van der Waals surface area contributed by atoms with Crippen LogP contribution in [0.5, 0.6) is 11.5 Å². The van der Waals surface area contributed by atoms with Gasteiger partial charge in [0.05, 0.1) is 12.5 Å². The van der Waals surface area contributed by atoms with Crippen molar-refractivity contribution in [2.75, 3.05) is 6.61 Å². The van der Waals surface area contributed by atoms with E-state index < -0.39 is 5.92 Å². The van der Waals surface area contributed by atoms with Gasteiger partial charge >= 0.3 is 0 Å². The average molecular weight is 350 g/mol. The SMILES string of the molecule is CCOc1ccc(C2=C[C@H](C(C(C)=O)C(C)=O)c3ccccc3O2)cc1. The van der Waals surface area contributed by atoms with Gasteiger partial charge in [-0.1, -0.05) is 18.2 Å². The molecule has 0 saturated carbocycles. The van der Waals surface area contributed by atoms with E-state index in [2.05, 4.69) is 0 Å². The maximum Gasteiger partial charge on any atom is 0.141 e. The monoisotopic (exact) mass is 350 g/mol. The molecule has 0 amide bonds. The van der Waals surface area contributed by atoms with Gasteiger partial charge in [0.2, 0.25) is 0 Å². The highest BCUT2D eigenvalue weighted by Gasteiger charge is 2.34. The van der Waals surface area contributed by atoms with Crippen LogP contribution >= 0.6 is 0 Å². The second kappa shape index (κ2) is 7.56. The Hall–Kier alpha value is -2.88. The molecule has 134 valence electrons. The van der Waals surface area contributed by atoms with Crippen molar-refractivity contribution in [2.24, 2.45) is 5.92 Å². The fourth-order valence-corrected chi connectivity index (χ4v) is 3.36. The summed E-state index contributed by atoms with van der Waals surface area (Å²) >= 11 is 0. The standard InChI is InChI=1S/C22H22O4/c1-4-25-17-11-9-16(10-12-17)21-13-19(22(14(2)23)15(3)24)18-7-5-6-8-20(18)26-21/h5-13,19,22H,4H2,1-3H3/t19-/m0/s1. The minimum Gasteiger partial charge on any atom is -0.494 e. The third kappa shape index (κ3) is 3.54. The summed E-state index contributed by atoms with van der Waals surface area (Å²) in [5.74, 6) is 0.785. The fourth-order valence-electron chi connectivity index (χ4n) is 3.36. The number of allylic oxidation sites excluding steroid dienone is 1. The lowest BCUT2D eigenvalue weighted by atomic mass is 9.79. The van der Waals surface area contributed by atoms with Crippen LogP contribution in [0.2, 0.25) is 0 Å². The molecule has 0 saturated heterocycles. The molecule has 4 heteroatoms. The van der Waals surface area contributed by atoms with Gasteiger partial charge in [0.25, 0.3) is 0 Å². The molecular weight excluding hydrogens is 328 g/mol. The van der Waals surface area contributed by atoms with Crippen molar-refractivity contribution >= 4 is 17.3 Å². The van der Waals surface area contributed by atoms with Crippen molar-refractivity contribution in [3.63, 3.8) is 0 Å². The van der Waals surface area contributed by atoms with Gasteiger partial charge in [-0.2, -0.15) is 0 Å². The summed E-state index contributed by atoms with van der Waals surface area (Å²) in [6, 6.07) is 15.1. The van der Waals surface area contributed by atoms with Crippen LogP contribution in [-0.2, 0) is 9.59 Å². The Labute approximate surface area is 153 Å². The number of hydrogen-bond acceptors (Lipinski definition) is 4. The summed E-state index contributed by atoms with van der Waals surface area (Å²) in [5.41, 5.74) is 1.73. The first kappa shape index (κ1) is 17.9. The number of benzene rings is 2. The molecule has 26 heavy (non-hydrogen) atoms. The Morgan fingerprint density at radius 1 is 1.04 bits per heavy atom. The number of carbonyl (C=O) groups excluding carboxylic acids is 2. The molecule has 1 aliphatic heterocycles. The zero-order valence-corrected chi connectivity index (χ0v) is 15.2. The summed E-state index contributed by atoms with van der Waals surface area (Å²) < 4.78 is 11.5. The predicted octanol–water partition coefficient (Wildman–Crippen LogP) is 4.40. The van der Waals surface area contributed by atoms with E-state index in [1.807, 2.05) is 61.5 Å². The Morgan fingerprint density at radius 2 is 1.69 bits per heavy atom. The number of fused-ring (bicyclic) bond motifs is 1. The maximum atomic E-state index is 12.1. The van der Waals surface area contributed by atoms with Crippen LogP contribution in [0.25, 0.3) is 5.76 Å². The van der Waals surface area contributed by atoms with Gasteiger partial charge in [-0.15, -0.1) is 0 Å². The topological polar surface area (TPSA) is 52.6 Å². The van der Waals surface area contributed by atoms with Crippen molar-refractivity contribution < 1.29 is 19.1 Å². The third-order valence-corrected chi connectivity index (χ3v) is 4.51. The summed E-state index contributed by atoms with van der Waals surface area (Å²) in [6.07, 6.45) is 1.88. The molecule has 2 aromatic carbocycles. The number of para-hydroxylation sites is 1. The first-order valence-electron chi connectivity index (χ1n) is 8.74. The van der Waals surface area contributed by atoms with Crippen LogP contribution in [0, 0.1) is 5.92 Å². The zero-order chi connectivity index (χ0) is 18.7. The second-order valence-electron chi connectivity index (χ2n) is 6.35. The van der Waals surface area contributed by atoms with Crippen LogP contribution in [0.1, 0.15) is 37.8 Å². The second-order valence-corrected chi connectivity index (χ2v) is 6.35. The highest BCUT2D eigenvalue weighted by molar-refractivity contribution is 6.02. The van der Waals surface area contributed by atoms with Gasteiger partial charge in [-0.3, -0.25) is 9.59 Å². The molecule has 0 N–H and O–H groups in total. The molecule has 0 aromatic heterocycles. The van der Waals surface area contributed by atoms with E-state index >= 15 is 0 Å². The largest absolute Gasteiger partial charge is 0.494 e. The molecule has 1 aliphatic rings. The molecule has 0 radical (unpaired) electrons. The van der Waals surface area contributed by atoms with E-state index in [-0.39, 0.29) is 17.5 Å². The summed E-state index contributed by atoms with van der Waals surface area (Å²) in [5, 5.41) is 0. The van der Waals surface area contributed by atoms with E-state index in [1.165, 1.54) is 13.8 Å². The Bertz CT molecular complexity index is 835. The van der Waals surface area contributed by atoms with Crippen molar-refractivity contribution in [1.82, 2.24) is 0 Å². The van der Waals surface area contributed by atoms with E-state index in [9.17, 15) is 9.59 Å². The van der Waals surface area contributed by atoms with Gasteiger partial charge in [0, 0.05) is 17.0 Å². The fraction of sp³-hybridized carbons (Fsp3) is 0.273. The highest BCUT2D eigenvalue weighted by atomic mass is 16.5. The predicted molar refractivity (Wildman–Crippen MR) is 100 cm³/mol. The highest BCUT2D eigenvalue weighted by Crippen LogP contribution is 2.41. The normalized spacial score (nSPS) is 15.7. The van der Waals surface area contributed by atoms with Crippen molar-refractivity contribution in [3.8, 4) is 11.5 Å². The van der Waals surface area contributed by atoms with Gasteiger partial charge in [0.15, 0.2) is 0 Å². The first-order valence-corrected chi connectivity index (χ1v) is 8.74. The number of Topliss-reactive ketones (excluding diaryl/α,β-unsaturated/α-hetero) is 2. The van der Waals surface area contributed by atoms with Gasteiger partial charge in [-0.25, -0.2) is 0 Å². The lowest BCUT2D eigenvalue weighted by Gasteiger charge is -2.28. The molecule has 4 nitrogen and oxygen atoms in total. The third-order valence-electron chi connectivity index (χ3n) is 4.51. The van der Waals surface area contributed by atoms with Crippen LogP contribution in [0.15, 0.2) is 54.6 Å². The number of ether oxygens (including phenoxy) is 2. The molecular formula is C22H22O4. The maximum absolute atomic E-state index is 12.1. The lowest BCUT2D eigenvalue weighted by molar-refractivity contribution is -0.130. The van der Waals surface area contributed by atoms with Crippen LogP contribution in [0.4, 0.5) is 0 Å². The van der Waals surface area contributed by atoms with E-state index in [0.29, 0.717) is 18.1 Å². The molecule has 0 spiro atoms. The Morgan fingerprint density at radius 3 is 2.31 bits per heavy atom. The zero-order valence-electron chi connectivity index (χ0n) is 15.2. The quantitative estimate of drug-likeness (QED) is 0.725. The number of hydrogen-bond donors (Lipinski definition) is 0. The van der Waals surface area contributed by atoms with Gasteiger partial charge in [-0.05, 0) is 57.2 Å². The van der Waals surface area contributed by atoms with Gasteiger partial charge < -0.3 is 9.47 Å². The Balaban J connectivity index is 2.04. The van der Waals surface area contributed by atoms with E-state index in [4.69, 9.17) is 9.47 Å². The molecule has 1 heterocycles. The minimum atomic E-state index is -0.710. The number of rotatable bonds is 6. The number of carbonyl (C=O) groups is 2. The Kier molecular flexibility index (Phi) is 5.21. The van der Waals surface area contributed by atoms with Crippen LogP contribution in [-0.4, -0.2) is 18.2 Å². The van der Waals surface area contributed by atoms with E-state index in [0.717, 1.165) is 16.9 Å². The molecule has 3 rings (SSSR count). The molecule has 0 unspecified atom stereocenters. The molecule has 2 aromatic rings. The number of ketones is 2. The molecule has 0 fully saturated rings. The summed E-state index contributed by atoms with van der Waals surface area (Å²) in [6.45, 7) is 5.47. The van der Waals surface area contributed by atoms with Crippen molar-refractivity contribution in [2.45, 2.75) is 26.7 Å². The van der Waals surface area contributed by atoms with E-state index in [1.54, 1.807) is 0 Å². The summed E-state index contributed by atoms with van der Waals surface area (Å²) in [4.78, 5) is 24.3.